The molecular formula is C13H15FNO. The van der Waals surface area contributed by atoms with Crippen LogP contribution in [0, 0.1) is 11.7 Å². The van der Waals surface area contributed by atoms with E-state index in [4.69, 9.17) is 4.84 Å². The molecule has 1 aliphatic carbocycles. The Morgan fingerprint density at radius 1 is 1.31 bits per heavy atom. The van der Waals surface area contributed by atoms with E-state index in [9.17, 15) is 4.39 Å². The van der Waals surface area contributed by atoms with Crippen LogP contribution in [0.1, 0.15) is 31.2 Å². The lowest BCUT2D eigenvalue weighted by molar-refractivity contribution is 0.128. The highest BCUT2D eigenvalue weighted by Crippen LogP contribution is 2.22. The first kappa shape index (κ1) is 11.1. The summed E-state index contributed by atoms with van der Waals surface area (Å²) in [6.45, 7) is 0.173. The standard InChI is InChI=1S/C13H15FNO/c14-13-8-4-3-7-12(13)10-16-15-9-11-5-1-2-6-11/h3-4,7-8,11H,1-2,5-6,10H2. The lowest BCUT2D eigenvalue weighted by atomic mass is 10.1. The molecule has 1 saturated carbocycles. The number of halogens is 1. The van der Waals surface area contributed by atoms with Crippen molar-refractivity contribution in [3.63, 3.8) is 0 Å². The highest BCUT2D eigenvalue weighted by Gasteiger charge is 2.13. The average Bonchev–Trinajstić information content (AvgIpc) is 2.79. The fraction of sp³-hybridized carbons (Fsp3) is 0.462. The van der Waals surface area contributed by atoms with Crippen molar-refractivity contribution in [1.29, 1.82) is 0 Å². The molecule has 85 valence electrons. The molecular weight excluding hydrogens is 205 g/mol. The van der Waals surface area contributed by atoms with Crippen molar-refractivity contribution in [2.45, 2.75) is 32.3 Å². The molecule has 3 heteroatoms. The third-order valence-electron chi connectivity index (χ3n) is 2.83. The first-order valence-electron chi connectivity index (χ1n) is 5.67. The number of hydrogen-bond acceptors (Lipinski definition) is 2. The zero-order chi connectivity index (χ0) is 11.2. The quantitative estimate of drug-likeness (QED) is 0.563. The van der Waals surface area contributed by atoms with Crippen LogP contribution in [-0.4, -0.2) is 6.21 Å². The molecule has 0 saturated heterocycles. The predicted octanol–water partition coefficient (Wildman–Crippen LogP) is 3.40. The summed E-state index contributed by atoms with van der Waals surface area (Å²) in [6, 6.07) is 6.56. The maximum absolute atomic E-state index is 13.2. The van der Waals surface area contributed by atoms with Crippen LogP contribution in [0.4, 0.5) is 4.39 Å². The molecule has 2 rings (SSSR count). The number of hydrogen-bond donors (Lipinski definition) is 0. The summed E-state index contributed by atoms with van der Waals surface area (Å²) in [7, 11) is 0. The summed E-state index contributed by atoms with van der Waals surface area (Å²) < 4.78 is 13.2. The van der Waals surface area contributed by atoms with E-state index in [0.717, 1.165) is 12.8 Å². The molecule has 0 aromatic heterocycles. The zero-order valence-electron chi connectivity index (χ0n) is 9.16. The van der Waals surface area contributed by atoms with Crippen molar-refractivity contribution in [2.75, 3.05) is 0 Å². The van der Waals surface area contributed by atoms with Crippen LogP contribution in [0.3, 0.4) is 0 Å². The van der Waals surface area contributed by atoms with Crippen LogP contribution >= 0.6 is 0 Å². The molecule has 1 aromatic carbocycles. The van der Waals surface area contributed by atoms with Gasteiger partial charge in [-0.15, -0.1) is 0 Å². The van der Waals surface area contributed by atoms with E-state index < -0.39 is 0 Å². The molecule has 2 nitrogen and oxygen atoms in total. The van der Waals surface area contributed by atoms with Gasteiger partial charge in [0, 0.05) is 11.5 Å². The molecule has 0 heterocycles. The van der Waals surface area contributed by atoms with E-state index in [1.54, 1.807) is 18.2 Å². The first-order valence-corrected chi connectivity index (χ1v) is 5.67. The molecule has 1 aliphatic rings. The van der Waals surface area contributed by atoms with Gasteiger partial charge in [-0.2, -0.15) is 0 Å². The van der Waals surface area contributed by atoms with E-state index in [0.29, 0.717) is 11.5 Å². The Morgan fingerprint density at radius 3 is 2.81 bits per heavy atom. The summed E-state index contributed by atoms with van der Waals surface area (Å²) in [5, 5.41) is 3.77. The monoisotopic (exact) mass is 220 g/mol. The minimum absolute atomic E-state index is 0.173. The van der Waals surface area contributed by atoms with Gasteiger partial charge < -0.3 is 4.84 Å². The van der Waals surface area contributed by atoms with Crippen LogP contribution in [0.2, 0.25) is 0 Å². The van der Waals surface area contributed by atoms with Gasteiger partial charge >= 0.3 is 0 Å². The molecule has 1 fully saturated rings. The average molecular weight is 220 g/mol. The van der Waals surface area contributed by atoms with E-state index in [1.807, 2.05) is 0 Å². The van der Waals surface area contributed by atoms with Crippen molar-refractivity contribution in [1.82, 2.24) is 0 Å². The fourth-order valence-electron chi connectivity index (χ4n) is 1.88. The third kappa shape index (κ3) is 3.05. The van der Waals surface area contributed by atoms with Gasteiger partial charge in [-0.1, -0.05) is 36.2 Å². The third-order valence-corrected chi connectivity index (χ3v) is 2.83. The van der Waals surface area contributed by atoms with E-state index in [2.05, 4.69) is 11.4 Å². The second-order valence-electron chi connectivity index (χ2n) is 4.07. The Morgan fingerprint density at radius 2 is 2.06 bits per heavy atom. The lowest BCUT2D eigenvalue weighted by Crippen LogP contribution is -1.96. The van der Waals surface area contributed by atoms with Gasteiger partial charge in [-0.25, -0.2) is 4.39 Å². The van der Waals surface area contributed by atoms with E-state index in [-0.39, 0.29) is 12.4 Å². The number of nitrogens with zero attached hydrogens (tertiary/aromatic N) is 1. The Bertz CT molecular complexity index is 359. The van der Waals surface area contributed by atoms with Crippen molar-refractivity contribution >= 4 is 6.21 Å². The Labute approximate surface area is 95.1 Å². The van der Waals surface area contributed by atoms with Gasteiger partial charge in [-0.3, -0.25) is 0 Å². The SMILES string of the molecule is Fc1ccccc1CO/N=[C]\C1CCCC1. The van der Waals surface area contributed by atoms with Crippen molar-refractivity contribution < 1.29 is 9.23 Å². The van der Waals surface area contributed by atoms with E-state index >= 15 is 0 Å². The minimum Gasteiger partial charge on any atom is -0.391 e. The van der Waals surface area contributed by atoms with Crippen molar-refractivity contribution in [3.05, 3.63) is 35.6 Å². The van der Waals surface area contributed by atoms with E-state index in [1.165, 1.54) is 18.9 Å². The summed E-state index contributed by atoms with van der Waals surface area (Å²) in [4.78, 5) is 5.04. The molecule has 0 aliphatic heterocycles. The molecule has 0 atom stereocenters. The summed E-state index contributed by atoms with van der Waals surface area (Å²) >= 11 is 0. The van der Waals surface area contributed by atoms with Crippen LogP contribution in [-0.2, 0) is 11.4 Å². The Balaban J connectivity index is 1.77. The second-order valence-corrected chi connectivity index (χ2v) is 4.07. The Hall–Kier alpha value is -1.38. The lowest BCUT2D eigenvalue weighted by Gasteiger charge is -2.01. The van der Waals surface area contributed by atoms with Crippen LogP contribution in [0.25, 0.3) is 0 Å². The molecule has 1 aromatic rings. The largest absolute Gasteiger partial charge is 0.391 e. The fourth-order valence-corrected chi connectivity index (χ4v) is 1.88. The highest BCUT2D eigenvalue weighted by molar-refractivity contribution is 5.60. The number of benzene rings is 1. The maximum Gasteiger partial charge on any atom is 0.145 e. The molecule has 16 heavy (non-hydrogen) atoms. The van der Waals surface area contributed by atoms with Gasteiger partial charge in [0.15, 0.2) is 0 Å². The second kappa shape index (κ2) is 5.64. The first-order chi connectivity index (χ1) is 7.86. The van der Waals surface area contributed by atoms with Gasteiger partial charge in [0.1, 0.15) is 18.6 Å². The van der Waals surface area contributed by atoms with Crippen LogP contribution < -0.4 is 0 Å². The van der Waals surface area contributed by atoms with Crippen LogP contribution in [0.15, 0.2) is 29.4 Å². The van der Waals surface area contributed by atoms with Gasteiger partial charge in [0.2, 0.25) is 0 Å². The highest BCUT2D eigenvalue weighted by atomic mass is 19.1. The van der Waals surface area contributed by atoms with Gasteiger partial charge in [-0.05, 0) is 18.9 Å². The van der Waals surface area contributed by atoms with Crippen molar-refractivity contribution in [3.8, 4) is 0 Å². The smallest absolute Gasteiger partial charge is 0.145 e. The molecule has 0 N–H and O–H groups in total. The molecule has 0 bridgehead atoms. The van der Waals surface area contributed by atoms with Gasteiger partial charge in [0.25, 0.3) is 0 Å². The van der Waals surface area contributed by atoms with Crippen molar-refractivity contribution in [2.24, 2.45) is 11.1 Å². The normalized spacial score (nSPS) is 17.1. The molecule has 0 amide bonds. The molecule has 0 unspecified atom stereocenters. The minimum atomic E-state index is -0.251. The summed E-state index contributed by atoms with van der Waals surface area (Å²) in [5.41, 5.74) is 0.527. The predicted molar refractivity (Wildman–Crippen MR) is 60.6 cm³/mol. The molecule has 1 radical (unpaired) electrons. The maximum atomic E-state index is 13.2. The summed E-state index contributed by atoms with van der Waals surface area (Å²) in [5.74, 6) is 0.180. The van der Waals surface area contributed by atoms with Gasteiger partial charge in [0.05, 0.1) is 0 Å². The van der Waals surface area contributed by atoms with Crippen LogP contribution in [0.5, 0.6) is 0 Å². The summed E-state index contributed by atoms with van der Waals surface area (Å²) in [6.07, 6.45) is 7.74. The molecule has 0 spiro atoms. The topological polar surface area (TPSA) is 21.6 Å². The zero-order valence-corrected chi connectivity index (χ0v) is 9.16. The number of rotatable bonds is 4. The Kier molecular flexibility index (Phi) is 3.91.